The Hall–Kier alpha value is -2.15. The van der Waals surface area contributed by atoms with Crippen LogP contribution in [0, 0.1) is 0 Å². The molecule has 0 atom stereocenters. The average molecular weight is 314 g/mol. The zero-order valence-corrected chi connectivity index (χ0v) is 13.1. The van der Waals surface area contributed by atoms with Crippen LogP contribution in [0.1, 0.15) is 32.1 Å². The van der Waals surface area contributed by atoms with Gasteiger partial charge in [-0.15, -0.1) is 0 Å². The van der Waals surface area contributed by atoms with Crippen LogP contribution in [-0.2, 0) is 4.74 Å². The SMILES string of the molecule is Nc1c(N2CCC(OC3CCC3)CC2)ncnc1-n1cccn1. The second kappa shape index (κ2) is 6.16. The van der Waals surface area contributed by atoms with Crippen LogP contribution in [0.15, 0.2) is 24.8 Å². The van der Waals surface area contributed by atoms with Gasteiger partial charge in [-0.25, -0.2) is 14.6 Å². The maximum absolute atomic E-state index is 6.29. The van der Waals surface area contributed by atoms with Gasteiger partial charge in [0.15, 0.2) is 11.6 Å². The average Bonchev–Trinajstić information content (AvgIpc) is 3.06. The first-order chi connectivity index (χ1) is 11.3. The Labute approximate surface area is 135 Å². The third kappa shape index (κ3) is 2.88. The molecule has 7 nitrogen and oxygen atoms in total. The Balaban J connectivity index is 1.45. The second-order valence-corrected chi connectivity index (χ2v) is 6.26. The number of nitrogens with zero attached hydrogens (tertiary/aromatic N) is 5. The van der Waals surface area contributed by atoms with E-state index in [1.54, 1.807) is 17.2 Å². The minimum Gasteiger partial charge on any atom is -0.393 e. The number of anilines is 2. The van der Waals surface area contributed by atoms with Gasteiger partial charge in [0.05, 0.1) is 12.2 Å². The van der Waals surface area contributed by atoms with Crippen molar-refractivity contribution < 1.29 is 4.74 Å². The maximum atomic E-state index is 6.29. The molecule has 1 aliphatic carbocycles. The van der Waals surface area contributed by atoms with E-state index in [-0.39, 0.29) is 0 Å². The Morgan fingerprint density at radius 3 is 2.43 bits per heavy atom. The van der Waals surface area contributed by atoms with E-state index >= 15 is 0 Å². The molecule has 2 aliphatic rings. The van der Waals surface area contributed by atoms with Crippen LogP contribution in [0.3, 0.4) is 0 Å². The summed E-state index contributed by atoms with van der Waals surface area (Å²) in [5.74, 6) is 1.43. The van der Waals surface area contributed by atoms with Crippen LogP contribution in [0.4, 0.5) is 11.5 Å². The fraction of sp³-hybridized carbons (Fsp3) is 0.562. The largest absolute Gasteiger partial charge is 0.393 e. The smallest absolute Gasteiger partial charge is 0.181 e. The summed E-state index contributed by atoms with van der Waals surface area (Å²) in [6.07, 6.45) is 11.8. The van der Waals surface area contributed by atoms with Gasteiger partial charge in [0.25, 0.3) is 0 Å². The van der Waals surface area contributed by atoms with Gasteiger partial charge in [-0.05, 0) is 38.2 Å². The predicted octanol–water partition coefficient (Wildman–Crippen LogP) is 1.78. The molecular formula is C16H22N6O. The van der Waals surface area contributed by atoms with E-state index < -0.39 is 0 Å². The molecule has 2 N–H and O–H groups in total. The van der Waals surface area contributed by atoms with Crippen molar-refractivity contribution in [3.8, 4) is 5.82 Å². The predicted molar refractivity (Wildman–Crippen MR) is 87.5 cm³/mol. The third-order valence-electron chi connectivity index (χ3n) is 4.74. The highest BCUT2D eigenvalue weighted by molar-refractivity contribution is 5.70. The molecule has 0 aromatic carbocycles. The summed E-state index contributed by atoms with van der Waals surface area (Å²) in [7, 11) is 0. The molecule has 2 fully saturated rings. The summed E-state index contributed by atoms with van der Waals surface area (Å²) in [6, 6.07) is 1.85. The molecule has 3 heterocycles. The molecule has 122 valence electrons. The summed E-state index contributed by atoms with van der Waals surface area (Å²) >= 11 is 0. The number of nitrogens with two attached hydrogens (primary N) is 1. The van der Waals surface area contributed by atoms with Crippen molar-refractivity contribution >= 4 is 11.5 Å². The van der Waals surface area contributed by atoms with Crippen molar-refractivity contribution in [3.63, 3.8) is 0 Å². The molecule has 0 bridgehead atoms. The van der Waals surface area contributed by atoms with Crippen molar-refractivity contribution in [2.45, 2.75) is 44.3 Å². The van der Waals surface area contributed by atoms with E-state index in [0.717, 1.165) is 31.7 Å². The van der Waals surface area contributed by atoms with E-state index in [1.165, 1.54) is 19.3 Å². The van der Waals surface area contributed by atoms with Gasteiger partial charge in [0.1, 0.15) is 12.0 Å². The zero-order valence-electron chi connectivity index (χ0n) is 13.1. The van der Waals surface area contributed by atoms with Gasteiger partial charge < -0.3 is 15.4 Å². The van der Waals surface area contributed by atoms with Crippen molar-refractivity contribution in [2.24, 2.45) is 0 Å². The highest BCUT2D eigenvalue weighted by Gasteiger charge is 2.27. The Morgan fingerprint density at radius 2 is 1.78 bits per heavy atom. The maximum Gasteiger partial charge on any atom is 0.181 e. The summed E-state index contributed by atoms with van der Waals surface area (Å²) in [5.41, 5.74) is 6.87. The lowest BCUT2D eigenvalue weighted by Gasteiger charge is -2.37. The second-order valence-electron chi connectivity index (χ2n) is 6.26. The molecule has 4 rings (SSSR count). The molecule has 2 aromatic heterocycles. The number of nitrogen functional groups attached to an aromatic ring is 1. The molecule has 7 heteroatoms. The molecule has 1 aliphatic heterocycles. The first kappa shape index (κ1) is 14.4. The number of hydrogen-bond donors (Lipinski definition) is 1. The topological polar surface area (TPSA) is 82.1 Å². The summed E-state index contributed by atoms with van der Waals surface area (Å²) in [6.45, 7) is 1.83. The number of piperidine rings is 1. The van der Waals surface area contributed by atoms with Gasteiger partial charge in [0, 0.05) is 25.5 Å². The fourth-order valence-electron chi connectivity index (χ4n) is 3.19. The van der Waals surface area contributed by atoms with E-state index in [1.807, 2.05) is 12.3 Å². The van der Waals surface area contributed by atoms with Crippen LogP contribution in [-0.4, -0.2) is 45.0 Å². The molecule has 2 aromatic rings. The van der Waals surface area contributed by atoms with Crippen LogP contribution >= 0.6 is 0 Å². The molecule has 0 amide bonds. The molecule has 0 radical (unpaired) electrons. The van der Waals surface area contributed by atoms with Gasteiger partial charge >= 0.3 is 0 Å². The van der Waals surface area contributed by atoms with Gasteiger partial charge in [-0.2, -0.15) is 5.10 Å². The van der Waals surface area contributed by atoms with Gasteiger partial charge in [-0.1, -0.05) is 0 Å². The standard InChI is InChI=1S/C16H22N6O/c17-14-15(18-11-19-16(14)22-8-2-7-20-22)21-9-5-13(6-10-21)23-12-3-1-4-12/h2,7-8,11-13H,1,3-6,9-10,17H2. The fourth-order valence-corrected chi connectivity index (χ4v) is 3.19. The number of aromatic nitrogens is 4. The monoisotopic (exact) mass is 314 g/mol. The first-order valence-corrected chi connectivity index (χ1v) is 8.32. The Kier molecular flexibility index (Phi) is 3.87. The van der Waals surface area contributed by atoms with Crippen molar-refractivity contribution in [3.05, 3.63) is 24.8 Å². The van der Waals surface area contributed by atoms with Crippen molar-refractivity contribution in [1.82, 2.24) is 19.7 Å². The minimum absolute atomic E-state index is 0.380. The summed E-state index contributed by atoms with van der Waals surface area (Å²) in [5, 5.41) is 4.20. The van der Waals surface area contributed by atoms with E-state index in [4.69, 9.17) is 10.5 Å². The highest BCUT2D eigenvalue weighted by Crippen LogP contribution is 2.30. The van der Waals surface area contributed by atoms with Crippen molar-refractivity contribution in [1.29, 1.82) is 0 Å². The van der Waals surface area contributed by atoms with Gasteiger partial charge in [-0.3, -0.25) is 0 Å². The Morgan fingerprint density at radius 1 is 1.04 bits per heavy atom. The Bertz CT molecular complexity index is 647. The zero-order chi connectivity index (χ0) is 15.6. The lowest BCUT2D eigenvalue weighted by molar-refractivity contribution is -0.0596. The first-order valence-electron chi connectivity index (χ1n) is 8.32. The van der Waals surface area contributed by atoms with Crippen molar-refractivity contribution in [2.75, 3.05) is 23.7 Å². The number of rotatable bonds is 4. The van der Waals surface area contributed by atoms with Crippen LogP contribution in [0.5, 0.6) is 0 Å². The molecule has 0 spiro atoms. The quantitative estimate of drug-likeness (QED) is 0.926. The lowest BCUT2D eigenvalue weighted by Crippen LogP contribution is -2.40. The van der Waals surface area contributed by atoms with Crippen LogP contribution < -0.4 is 10.6 Å². The summed E-state index contributed by atoms with van der Waals surface area (Å²) < 4.78 is 7.79. The van der Waals surface area contributed by atoms with Crippen LogP contribution in [0.2, 0.25) is 0 Å². The molecule has 1 saturated carbocycles. The lowest BCUT2D eigenvalue weighted by atomic mass is 9.95. The van der Waals surface area contributed by atoms with Gasteiger partial charge in [0.2, 0.25) is 0 Å². The molecule has 0 unspecified atom stereocenters. The summed E-state index contributed by atoms with van der Waals surface area (Å²) in [4.78, 5) is 10.9. The van der Waals surface area contributed by atoms with Crippen LogP contribution in [0.25, 0.3) is 5.82 Å². The molecule has 1 saturated heterocycles. The van der Waals surface area contributed by atoms with E-state index in [0.29, 0.717) is 23.7 Å². The molecular weight excluding hydrogens is 292 g/mol. The highest BCUT2D eigenvalue weighted by atomic mass is 16.5. The minimum atomic E-state index is 0.380. The van der Waals surface area contributed by atoms with E-state index in [9.17, 15) is 0 Å². The molecule has 23 heavy (non-hydrogen) atoms. The third-order valence-corrected chi connectivity index (χ3v) is 4.74. The number of ether oxygens (including phenoxy) is 1. The normalized spacial score (nSPS) is 19.7. The number of hydrogen-bond acceptors (Lipinski definition) is 6. The van der Waals surface area contributed by atoms with E-state index in [2.05, 4.69) is 20.0 Å².